The van der Waals surface area contributed by atoms with Gasteiger partial charge >= 0.3 is 0 Å². The molecule has 0 aliphatic heterocycles. The topological polar surface area (TPSA) is 93.7 Å². The van der Waals surface area contributed by atoms with Crippen LogP contribution in [0.2, 0.25) is 0 Å². The van der Waals surface area contributed by atoms with Crippen molar-refractivity contribution in [1.29, 1.82) is 0 Å². The summed E-state index contributed by atoms with van der Waals surface area (Å²) in [6.07, 6.45) is 4.97. The molecule has 0 heterocycles. The lowest BCUT2D eigenvalue weighted by Gasteiger charge is -2.08. The molecule has 100 valence electrons. The average molecular weight is 257 g/mol. The number of nitrogen functional groups attached to an aromatic ring is 2. The Morgan fingerprint density at radius 1 is 1.37 bits per heavy atom. The van der Waals surface area contributed by atoms with Crippen LogP contribution < -0.4 is 17.3 Å². The number of hydrogen-bond acceptors (Lipinski definition) is 5. The van der Waals surface area contributed by atoms with Gasteiger partial charge in [0.25, 0.3) is 0 Å². The van der Waals surface area contributed by atoms with Crippen LogP contribution in [0.1, 0.15) is 0 Å². The normalized spacial score (nSPS) is 11.6. The maximum absolute atomic E-state index is 5.81. The van der Waals surface area contributed by atoms with Gasteiger partial charge in [0.2, 0.25) is 0 Å². The molecule has 1 aromatic carbocycles. The van der Waals surface area contributed by atoms with Crippen LogP contribution in [0.4, 0.5) is 17.1 Å². The Bertz CT molecular complexity index is 541. The highest BCUT2D eigenvalue weighted by Gasteiger charge is 1.99. The van der Waals surface area contributed by atoms with Gasteiger partial charge in [-0.15, -0.1) is 0 Å². The van der Waals surface area contributed by atoms with E-state index < -0.39 is 0 Å². The Kier molecular flexibility index (Phi) is 4.91. The van der Waals surface area contributed by atoms with Gasteiger partial charge in [-0.25, -0.2) is 5.84 Å². The van der Waals surface area contributed by atoms with Gasteiger partial charge in [-0.1, -0.05) is 19.2 Å². The van der Waals surface area contributed by atoms with E-state index in [1.165, 1.54) is 5.01 Å². The summed E-state index contributed by atoms with van der Waals surface area (Å²) in [4.78, 5) is 4.27. The highest BCUT2D eigenvalue weighted by atomic mass is 15.4. The summed E-state index contributed by atoms with van der Waals surface area (Å²) in [5.41, 5.74) is 14.7. The van der Waals surface area contributed by atoms with E-state index >= 15 is 0 Å². The first-order valence-electron chi connectivity index (χ1n) is 5.64. The monoisotopic (exact) mass is 257 g/mol. The van der Waals surface area contributed by atoms with Crippen molar-refractivity contribution in [2.75, 3.05) is 18.5 Å². The van der Waals surface area contributed by atoms with Gasteiger partial charge in [0.15, 0.2) is 0 Å². The molecule has 0 aliphatic carbocycles. The molecule has 0 aliphatic rings. The SMILES string of the molecule is C=C/C(=C\N(C)N)C(=C)/C=N\c1ccc(N)cc1N. The maximum Gasteiger partial charge on any atom is 0.0860 e. The minimum atomic E-state index is 0.518. The predicted molar refractivity (Wildman–Crippen MR) is 82.8 cm³/mol. The number of benzene rings is 1. The summed E-state index contributed by atoms with van der Waals surface area (Å²) in [7, 11) is 1.71. The highest BCUT2D eigenvalue weighted by molar-refractivity contribution is 5.88. The zero-order valence-corrected chi connectivity index (χ0v) is 11.0. The van der Waals surface area contributed by atoms with Gasteiger partial charge in [-0.05, 0) is 29.3 Å². The van der Waals surface area contributed by atoms with Gasteiger partial charge < -0.3 is 16.5 Å². The molecular weight excluding hydrogens is 238 g/mol. The van der Waals surface area contributed by atoms with Crippen molar-refractivity contribution in [3.63, 3.8) is 0 Å². The molecule has 0 bridgehead atoms. The molecule has 19 heavy (non-hydrogen) atoms. The van der Waals surface area contributed by atoms with E-state index in [-0.39, 0.29) is 0 Å². The van der Waals surface area contributed by atoms with Crippen LogP contribution in [0.3, 0.4) is 0 Å². The second-order valence-electron chi connectivity index (χ2n) is 4.06. The minimum Gasteiger partial charge on any atom is -0.399 e. The molecule has 0 radical (unpaired) electrons. The molecule has 5 heteroatoms. The summed E-state index contributed by atoms with van der Waals surface area (Å²) in [6, 6.07) is 5.15. The second kappa shape index (κ2) is 6.42. The second-order valence-corrected chi connectivity index (χ2v) is 4.06. The zero-order chi connectivity index (χ0) is 14.4. The lowest BCUT2D eigenvalue weighted by atomic mass is 10.1. The van der Waals surface area contributed by atoms with Crippen LogP contribution in [0.25, 0.3) is 0 Å². The molecule has 1 rings (SSSR count). The number of nitrogens with zero attached hydrogens (tertiary/aromatic N) is 2. The summed E-state index contributed by atoms with van der Waals surface area (Å²) in [6.45, 7) is 7.61. The molecule has 0 saturated carbocycles. The number of hydrogen-bond donors (Lipinski definition) is 3. The number of rotatable bonds is 5. The first-order valence-corrected chi connectivity index (χ1v) is 5.64. The predicted octanol–water partition coefficient (Wildman–Crippen LogP) is 1.98. The third-order valence-corrected chi connectivity index (χ3v) is 2.34. The molecule has 6 N–H and O–H groups in total. The Hall–Kier alpha value is -2.53. The Labute approximate surface area is 113 Å². The quantitative estimate of drug-likeness (QED) is 0.247. The van der Waals surface area contributed by atoms with Gasteiger partial charge in [-0.2, -0.15) is 0 Å². The summed E-state index contributed by atoms with van der Waals surface area (Å²) in [5, 5.41) is 1.42. The van der Waals surface area contributed by atoms with Gasteiger partial charge in [-0.3, -0.25) is 4.99 Å². The van der Waals surface area contributed by atoms with Crippen LogP contribution in [-0.4, -0.2) is 18.3 Å². The Balaban J connectivity index is 2.92. The largest absolute Gasteiger partial charge is 0.399 e. The lowest BCUT2D eigenvalue weighted by Crippen LogP contribution is -2.19. The van der Waals surface area contributed by atoms with Crippen LogP contribution in [0.15, 0.2) is 59.8 Å². The van der Waals surface area contributed by atoms with E-state index in [4.69, 9.17) is 17.3 Å². The van der Waals surface area contributed by atoms with E-state index in [0.717, 1.165) is 5.57 Å². The van der Waals surface area contributed by atoms with E-state index in [1.54, 1.807) is 43.7 Å². The molecule has 0 fully saturated rings. The van der Waals surface area contributed by atoms with Crippen molar-refractivity contribution in [2.24, 2.45) is 10.8 Å². The Morgan fingerprint density at radius 2 is 2.05 bits per heavy atom. The van der Waals surface area contributed by atoms with Gasteiger partial charge in [0.05, 0.1) is 11.4 Å². The smallest absolute Gasteiger partial charge is 0.0860 e. The zero-order valence-electron chi connectivity index (χ0n) is 11.0. The van der Waals surface area contributed by atoms with Crippen molar-refractivity contribution in [3.8, 4) is 0 Å². The molecule has 0 amide bonds. The van der Waals surface area contributed by atoms with E-state index in [1.807, 2.05) is 0 Å². The first kappa shape index (κ1) is 14.5. The summed E-state index contributed by atoms with van der Waals surface area (Å²) in [5.74, 6) is 5.54. The fraction of sp³-hybridized carbons (Fsp3) is 0.0714. The van der Waals surface area contributed by atoms with Crippen LogP contribution in [0.5, 0.6) is 0 Å². The molecular formula is C14H19N5. The highest BCUT2D eigenvalue weighted by Crippen LogP contribution is 2.24. The third-order valence-electron chi connectivity index (χ3n) is 2.34. The molecule has 0 aromatic heterocycles. The number of allylic oxidation sites excluding steroid dienone is 3. The third kappa shape index (κ3) is 4.33. The fourth-order valence-corrected chi connectivity index (χ4v) is 1.40. The number of nitrogens with two attached hydrogens (primary N) is 3. The van der Waals surface area contributed by atoms with Crippen molar-refractivity contribution in [3.05, 3.63) is 54.8 Å². The van der Waals surface area contributed by atoms with Crippen molar-refractivity contribution in [2.45, 2.75) is 0 Å². The molecule has 5 nitrogen and oxygen atoms in total. The van der Waals surface area contributed by atoms with Gasteiger partial charge in [0.1, 0.15) is 0 Å². The number of hydrazine groups is 1. The summed E-state index contributed by atoms with van der Waals surface area (Å²) < 4.78 is 0. The lowest BCUT2D eigenvalue weighted by molar-refractivity contribution is 0.482. The number of aliphatic imine (C=N–C) groups is 1. The number of anilines is 2. The van der Waals surface area contributed by atoms with E-state index in [9.17, 15) is 0 Å². The maximum atomic E-state index is 5.81. The molecule has 0 atom stereocenters. The molecule has 0 saturated heterocycles. The van der Waals surface area contributed by atoms with Gasteiger partial charge in [0, 0.05) is 25.1 Å². The van der Waals surface area contributed by atoms with Crippen molar-refractivity contribution in [1.82, 2.24) is 5.01 Å². The first-order chi connectivity index (χ1) is 8.93. The Morgan fingerprint density at radius 3 is 2.58 bits per heavy atom. The van der Waals surface area contributed by atoms with E-state index in [2.05, 4.69) is 18.2 Å². The minimum absolute atomic E-state index is 0.518. The summed E-state index contributed by atoms with van der Waals surface area (Å²) >= 11 is 0. The molecule has 1 aromatic rings. The van der Waals surface area contributed by atoms with Crippen LogP contribution >= 0.6 is 0 Å². The molecule has 0 unspecified atom stereocenters. The van der Waals surface area contributed by atoms with Crippen molar-refractivity contribution >= 4 is 23.3 Å². The fourth-order valence-electron chi connectivity index (χ4n) is 1.40. The van der Waals surface area contributed by atoms with Crippen LogP contribution in [0, 0.1) is 0 Å². The van der Waals surface area contributed by atoms with E-state index in [0.29, 0.717) is 22.6 Å². The van der Waals surface area contributed by atoms with Crippen molar-refractivity contribution < 1.29 is 0 Å². The standard InChI is InChI=1S/C14H19N5/c1-4-11(9-19(3)17)10(2)8-18-14-6-5-12(15)7-13(14)16/h4-9H,1-2,15-17H2,3H3/b11-9+,18-8-. The van der Waals surface area contributed by atoms with Crippen LogP contribution in [-0.2, 0) is 0 Å². The molecule has 0 spiro atoms. The average Bonchev–Trinajstić information content (AvgIpc) is 2.34.